The topological polar surface area (TPSA) is 40.6 Å². The molecule has 0 bridgehead atoms. The molecule has 0 atom stereocenters. The number of carbonyl (C=O) groups is 2. The van der Waals surface area contributed by atoms with Gasteiger partial charge in [-0.3, -0.25) is 19.4 Å². The van der Waals surface area contributed by atoms with Crippen LogP contribution in [0.1, 0.15) is 54.4 Å². The molecule has 2 amide bonds. The van der Waals surface area contributed by atoms with Gasteiger partial charge in [0.05, 0.1) is 13.1 Å². The lowest BCUT2D eigenvalue weighted by atomic mass is 9.91. The van der Waals surface area contributed by atoms with Crippen LogP contribution < -0.4 is 0 Å². The second kappa shape index (κ2) is 6.25. The Morgan fingerprint density at radius 2 is 1.20 bits per heavy atom. The number of nitrogens with zero attached hydrogens (tertiary/aromatic N) is 2. The van der Waals surface area contributed by atoms with Crippen LogP contribution in [0.5, 0.6) is 0 Å². The van der Waals surface area contributed by atoms with Gasteiger partial charge in [-0.2, -0.15) is 0 Å². The Balaban J connectivity index is 2.50. The molecule has 0 radical (unpaired) electrons. The molecule has 4 nitrogen and oxygen atoms in total. The smallest absolute Gasteiger partial charge is 0.243 e. The van der Waals surface area contributed by atoms with Gasteiger partial charge in [0.25, 0.3) is 0 Å². The van der Waals surface area contributed by atoms with Gasteiger partial charge in [-0.1, -0.05) is 41.5 Å². The highest BCUT2D eigenvalue weighted by atomic mass is 16.2. The summed E-state index contributed by atoms with van der Waals surface area (Å²) >= 11 is 0. The van der Waals surface area contributed by atoms with E-state index in [1.807, 2.05) is 4.90 Å². The number of hydrogen-bond donors (Lipinski definition) is 0. The lowest BCUT2D eigenvalue weighted by molar-refractivity contribution is -0.151. The van der Waals surface area contributed by atoms with Crippen LogP contribution in [0.3, 0.4) is 0 Å². The highest BCUT2D eigenvalue weighted by molar-refractivity contribution is 5.99. The van der Waals surface area contributed by atoms with Gasteiger partial charge in [0.1, 0.15) is 0 Å². The van der Waals surface area contributed by atoms with E-state index in [1.54, 1.807) is 0 Å². The quantitative estimate of drug-likeness (QED) is 0.744. The predicted octanol–water partition coefficient (Wildman–Crippen LogP) is 2.53. The molecule has 0 spiro atoms. The van der Waals surface area contributed by atoms with Crippen LogP contribution in [0, 0.1) is 10.8 Å². The summed E-state index contributed by atoms with van der Waals surface area (Å²) in [6.45, 7) is 15.0. The van der Waals surface area contributed by atoms with Crippen molar-refractivity contribution in [3.63, 3.8) is 0 Å². The summed E-state index contributed by atoms with van der Waals surface area (Å²) in [6.07, 6.45) is 1.85. The highest BCUT2D eigenvalue weighted by Crippen LogP contribution is 2.21. The summed E-state index contributed by atoms with van der Waals surface area (Å²) in [4.78, 5) is 27.7. The van der Waals surface area contributed by atoms with E-state index in [4.69, 9.17) is 0 Å². The SMILES string of the molecule is CC(C)(C)CCN1CC(=O)N(CCC(C)(C)C)C(=O)C1. The summed E-state index contributed by atoms with van der Waals surface area (Å²) in [7, 11) is 0. The molecule has 1 aliphatic heterocycles. The second-order valence-electron chi connectivity index (χ2n) is 8.27. The second-order valence-corrected chi connectivity index (χ2v) is 8.27. The number of amides is 2. The number of rotatable bonds is 4. The van der Waals surface area contributed by atoms with E-state index in [-0.39, 0.29) is 22.6 Å². The Morgan fingerprint density at radius 3 is 1.60 bits per heavy atom. The molecule has 1 heterocycles. The van der Waals surface area contributed by atoms with Gasteiger partial charge in [-0.15, -0.1) is 0 Å². The molecular weight excluding hydrogens is 252 g/mol. The average molecular weight is 282 g/mol. The molecule has 0 unspecified atom stereocenters. The molecule has 1 fully saturated rings. The summed E-state index contributed by atoms with van der Waals surface area (Å²) in [5.74, 6) is -0.0844. The average Bonchev–Trinajstić information content (AvgIpc) is 2.22. The fourth-order valence-corrected chi connectivity index (χ4v) is 2.10. The number of carbonyl (C=O) groups excluding carboxylic acids is 2. The molecule has 116 valence electrons. The van der Waals surface area contributed by atoms with Crippen molar-refractivity contribution in [2.75, 3.05) is 26.2 Å². The third-order valence-corrected chi connectivity index (χ3v) is 3.58. The van der Waals surface area contributed by atoms with Crippen molar-refractivity contribution >= 4 is 11.8 Å². The van der Waals surface area contributed by atoms with Gasteiger partial charge in [0.15, 0.2) is 0 Å². The number of hydrogen-bond acceptors (Lipinski definition) is 3. The van der Waals surface area contributed by atoms with Gasteiger partial charge in [-0.05, 0) is 30.2 Å². The van der Waals surface area contributed by atoms with Crippen LogP contribution in [0.25, 0.3) is 0 Å². The number of piperazine rings is 1. The maximum atomic E-state index is 12.1. The summed E-state index contributed by atoms with van der Waals surface area (Å²) in [5.41, 5.74) is 0.374. The van der Waals surface area contributed by atoms with E-state index in [0.717, 1.165) is 19.4 Å². The van der Waals surface area contributed by atoms with E-state index < -0.39 is 0 Å². The summed E-state index contributed by atoms with van der Waals surface area (Å²) in [5, 5.41) is 0. The first-order valence-corrected chi connectivity index (χ1v) is 7.53. The van der Waals surface area contributed by atoms with Crippen LogP contribution in [-0.4, -0.2) is 47.8 Å². The van der Waals surface area contributed by atoms with E-state index in [0.29, 0.717) is 19.6 Å². The lowest BCUT2D eigenvalue weighted by Gasteiger charge is -2.35. The van der Waals surface area contributed by atoms with Crippen molar-refractivity contribution in [3.8, 4) is 0 Å². The maximum Gasteiger partial charge on any atom is 0.243 e. The monoisotopic (exact) mass is 282 g/mol. The van der Waals surface area contributed by atoms with Crippen LogP contribution in [0.15, 0.2) is 0 Å². The zero-order valence-corrected chi connectivity index (χ0v) is 14.0. The standard InChI is InChI=1S/C16H30N2O2/c1-15(2,3)7-9-17-11-13(19)18(14(20)12-17)10-8-16(4,5)6/h7-12H2,1-6H3. The van der Waals surface area contributed by atoms with Gasteiger partial charge < -0.3 is 0 Å². The fourth-order valence-electron chi connectivity index (χ4n) is 2.10. The molecule has 0 aliphatic carbocycles. The largest absolute Gasteiger partial charge is 0.285 e. The first kappa shape index (κ1) is 17.2. The molecule has 0 aromatic carbocycles. The van der Waals surface area contributed by atoms with E-state index in [9.17, 15) is 9.59 Å². The van der Waals surface area contributed by atoms with Crippen molar-refractivity contribution in [2.24, 2.45) is 10.8 Å². The molecule has 1 rings (SSSR count). The van der Waals surface area contributed by atoms with Crippen LogP contribution in [-0.2, 0) is 9.59 Å². The molecule has 0 saturated carbocycles. The van der Waals surface area contributed by atoms with Gasteiger partial charge in [0, 0.05) is 6.54 Å². The first-order chi connectivity index (χ1) is 8.98. The predicted molar refractivity (Wildman–Crippen MR) is 81.3 cm³/mol. The third kappa shape index (κ3) is 6.04. The maximum absolute atomic E-state index is 12.1. The Bertz CT molecular complexity index is 346. The van der Waals surface area contributed by atoms with E-state index in [2.05, 4.69) is 41.5 Å². The minimum absolute atomic E-state index is 0.0422. The summed E-state index contributed by atoms with van der Waals surface area (Å²) in [6, 6.07) is 0. The van der Waals surface area contributed by atoms with Crippen molar-refractivity contribution in [1.82, 2.24) is 9.80 Å². The molecular formula is C16H30N2O2. The normalized spacial score (nSPS) is 18.8. The van der Waals surface area contributed by atoms with E-state index in [1.165, 1.54) is 4.90 Å². The molecule has 0 aromatic rings. The van der Waals surface area contributed by atoms with Gasteiger partial charge >= 0.3 is 0 Å². The Labute approximate surface area is 123 Å². The molecule has 0 N–H and O–H groups in total. The van der Waals surface area contributed by atoms with Gasteiger partial charge in [0.2, 0.25) is 11.8 Å². The van der Waals surface area contributed by atoms with Gasteiger partial charge in [-0.25, -0.2) is 0 Å². The Hall–Kier alpha value is -0.900. The molecule has 4 heteroatoms. The Morgan fingerprint density at radius 1 is 0.800 bits per heavy atom. The van der Waals surface area contributed by atoms with Crippen molar-refractivity contribution < 1.29 is 9.59 Å². The highest BCUT2D eigenvalue weighted by Gasteiger charge is 2.31. The lowest BCUT2D eigenvalue weighted by Crippen LogP contribution is -2.54. The van der Waals surface area contributed by atoms with Crippen LogP contribution >= 0.6 is 0 Å². The number of imide groups is 1. The third-order valence-electron chi connectivity index (χ3n) is 3.58. The van der Waals surface area contributed by atoms with Crippen LogP contribution in [0.2, 0.25) is 0 Å². The molecule has 1 saturated heterocycles. The van der Waals surface area contributed by atoms with E-state index >= 15 is 0 Å². The van der Waals surface area contributed by atoms with Crippen molar-refractivity contribution in [2.45, 2.75) is 54.4 Å². The zero-order chi connectivity index (χ0) is 15.6. The minimum Gasteiger partial charge on any atom is -0.285 e. The fraction of sp³-hybridized carbons (Fsp3) is 0.875. The van der Waals surface area contributed by atoms with Crippen molar-refractivity contribution in [3.05, 3.63) is 0 Å². The summed E-state index contributed by atoms with van der Waals surface area (Å²) < 4.78 is 0. The molecule has 1 aliphatic rings. The van der Waals surface area contributed by atoms with Crippen molar-refractivity contribution in [1.29, 1.82) is 0 Å². The molecule has 0 aromatic heterocycles. The van der Waals surface area contributed by atoms with Crippen LogP contribution in [0.4, 0.5) is 0 Å². The zero-order valence-electron chi connectivity index (χ0n) is 14.0. The Kier molecular flexibility index (Phi) is 5.36. The molecule has 20 heavy (non-hydrogen) atoms. The first-order valence-electron chi connectivity index (χ1n) is 7.53. The minimum atomic E-state index is -0.0422.